The number of aliphatic hydroxyl groups is 4. The molecule has 0 radical (unpaired) electrons. The standard InChI is InChI=1S/C39H68O4/c1-33(2,31-15-27-34(28-16-31,36(40)19-7-3-8-20-36)37(41)21-9-4-10-22-37)32-17-29-35(30-18-32,38(42)23-11-5-12-24-38)39(43)25-13-6-14-26-39/h31-32,40-43H,3-30H2,1-2H3. The zero-order valence-corrected chi connectivity index (χ0v) is 28.2. The molecule has 0 aliphatic heterocycles. The van der Waals surface area contributed by atoms with Gasteiger partial charge in [0.25, 0.3) is 0 Å². The smallest absolute Gasteiger partial charge is 0.0731 e. The molecule has 6 aliphatic carbocycles. The lowest BCUT2D eigenvalue weighted by Gasteiger charge is -2.63. The molecular formula is C39H68O4. The first-order chi connectivity index (χ1) is 20.5. The Balaban J connectivity index is 1.19. The summed E-state index contributed by atoms with van der Waals surface area (Å²) >= 11 is 0. The third-order valence-corrected chi connectivity index (χ3v) is 16.1. The Bertz CT molecular complexity index is 787. The van der Waals surface area contributed by atoms with Crippen molar-refractivity contribution >= 4 is 0 Å². The molecule has 0 atom stereocenters. The van der Waals surface area contributed by atoms with Crippen LogP contribution in [0.2, 0.25) is 0 Å². The van der Waals surface area contributed by atoms with Crippen molar-refractivity contribution in [3.63, 3.8) is 0 Å². The van der Waals surface area contributed by atoms with Crippen molar-refractivity contribution in [1.29, 1.82) is 0 Å². The molecule has 0 heterocycles. The summed E-state index contributed by atoms with van der Waals surface area (Å²) in [5.74, 6) is 1.21. The number of rotatable bonds is 6. The van der Waals surface area contributed by atoms with E-state index in [0.29, 0.717) is 11.8 Å². The van der Waals surface area contributed by atoms with Crippen LogP contribution >= 0.6 is 0 Å². The SMILES string of the molecule is CC(C)(C1CCC(C2(O)CCCCC2)(C2(O)CCCCC2)CC1)C1CCC(C2(O)CCCCC2)(C2(O)CCCCC2)CC1. The maximum atomic E-state index is 12.3. The lowest BCUT2D eigenvalue weighted by molar-refractivity contribution is -0.245. The third kappa shape index (κ3) is 5.31. The van der Waals surface area contributed by atoms with E-state index in [0.717, 1.165) is 154 Å². The van der Waals surface area contributed by atoms with Crippen molar-refractivity contribution in [3.8, 4) is 0 Å². The first kappa shape index (κ1) is 32.8. The van der Waals surface area contributed by atoms with Crippen LogP contribution in [0.1, 0.15) is 194 Å². The fraction of sp³-hybridized carbons (Fsp3) is 1.00. The molecular weight excluding hydrogens is 532 g/mol. The average Bonchev–Trinajstić information content (AvgIpc) is 3.02. The largest absolute Gasteiger partial charge is 0.389 e. The molecule has 0 aromatic rings. The van der Waals surface area contributed by atoms with E-state index in [2.05, 4.69) is 13.8 Å². The lowest BCUT2D eigenvalue weighted by atomic mass is 9.44. The first-order valence-corrected chi connectivity index (χ1v) is 19.3. The molecule has 4 heteroatoms. The van der Waals surface area contributed by atoms with Crippen LogP contribution in [0.25, 0.3) is 0 Å². The Morgan fingerprint density at radius 1 is 0.349 bits per heavy atom. The van der Waals surface area contributed by atoms with E-state index < -0.39 is 22.4 Å². The highest BCUT2D eigenvalue weighted by Crippen LogP contribution is 2.66. The monoisotopic (exact) mass is 601 g/mol. The van der Waals surface area contributed by atoms with E-state index in [1.807, 2.05) is 0 Å². The number of hydrogen-bond donors (Lipinski definition) is 4. The molecule has 4 N–H and O–H groups in total. The molecule has 6 fully saturated rings. The average molecular weight is 601 g/mol. The normalized spacial score (nSPS) is 33.1. The molecule has 6 saturated carbocycles. The summed E-state index contributed by atoms with van der Waals surface area (Å²) in [7, 11) is 0. The van der Waals surface area contributed by atoms with Crippen LogP contribution in [0, 0.1) is 28.1 Å². The Morgan fingerprint density at radius 3 is 0.767 bits per heavy atom. The molecule has 0 saturated heterocycles. The van der Waals surface area contributed by atoms with Gasteiger partial charge in [-0.2, -0.15) is 0 Å². The maximum Gasteiger partial charge on any atom is 0.0731 e. The minimum atomic E-state index is -0.707. The van der Waals surface area contributed by atoms with Gasteiger partial charge in [0.05, 0.1) is 22.4 Å². The van der Waals surface area contributed by atoms with Crippen molar-refractivity contribution < 1.29 is 20.4 Å². The van der Waals surface area contributed by atoms with Gasteiger partial charge in [-0.15, -0.1) is 0 Å². The van der Waals surface area contributed by atoms with Crippen LogP contribution in [0.3, 0.4) is 0 Å². The highest BCUT2D eigenvalue weighted by molar-refractivity contribution is 5.16. The van der Waals surface area contributed by atoms with Crippen molar-refractivity contribution in [3.05, 3.63) is 0 Å². The van der Waals surface area contributed by atoms with Crippen LogP contribution in [0.5, 0.6) is 0 Å². The topological polar surface area (TPSA) is 80.9 Å². The summed E-state index contributed by atoms with van der Waals surface area (Å²) in [5, 5.41) is 49.4. The summed E-state index contributed by atoms with van der Waals surface area (Å²) in [4.78, 5) is 0. The zero-order valence-electron chi connectivity index (χ0n) is 28.2. The van der Waals surface area contributed by atoms with E-state index in [1.165, 1.54) is 25.7 Å². The summed E-state index contributed by atoms with van der Waals surface area (Å²) in [6, 6.07) is 0. The van der Waals surface area contributed by atoms with Gasteiger partial charge >= 0.3 is 0 Å². The highest BCUT2D eigenvalue weighted by Gasteiger charge is 2.65. The lowest BCUT2D eigenvalue weighted by Crippen LogP contribution is -2.65. The minimum Gasteiger partial charge on any atom is -0.389 e. The first-order valence-electron chi connectivity index (χ1n) is 19.3. The van der Waals surface area contributed by atoms with Gasteiger partial charge < -0.3 is 20.4 Å². The fourth-order valence-electron chi connectivity index (χ4n) is 13.2. The van der Waals surface area contributed by atoms with Gasteiger partial charge in [-0.25, -0.2) is 0 Å². The van der Waals surface area contributed by atoms with Gasteiger partial charge in [0.15, 0.2) is 0 Å². The quantitative estimate of drug-likeness (QED) is 0.245. The highest BCUT2D eigenvalue weighted by atomic mass is 16.3. The van der Waals surface area contributed by atoms with Crippen LogP contribution in [-0.2, 0) is 0 Å². The van der Waals surface area contributed by atoms with Crippen LogP contribution in [-0.4, -0.2) is 42.8 Å². The molecule has 248 valence electrons. The molecule has 0 aromatic carbocycles. The van der Waals surface area contributed by atoms with Gasteiger partial charge in [-0.3, -0.25) is 0 Å². The van der Waals surface area contributed by atoms with E-state index in [1.54, 1.807) is 0 Å². The second-order valence-electron chi connectivity index (χ2n) is 17.9. The van der Waals surface area contributed by atoms with Gasteiger partial charge in [0, 0.05) is 10.8 Å². The van der Waals surface area contributed by atoms with E-state index in [-0.39, 0.29) is 16.2 Å². The maximum absolute atomic E-state index is 12.3. The molecule has 4 nitrogen and oxygen atoms in total. The molecule has 6 rings (SSSR count). The van der Waals surface area contributed by atoms with Gasteiger partial charge in [0.2, 0.25) is 0 Å². The van der Waals surface area contributed by atoms with Gasteiger partial charge in [0.1, 0.15) is 0 Å². The summed E-state index contributed by atoms with van der Waals surface area (Å²) in [5.41, 5.74) is -3.33. The van der Waals surface area contributed by atoms with E-state index in [4.69, 9.17) is 0 Å². The van der Waals surface area contributed by atoms with Crippen molar-refractivity contribution in [2.24, 2.45) is 28.1 Å². The summed E-state index contributed by atoms with van der Waals surface area (Å²) in [6.07, 6.45) is 29.1. The van der Waals surface area contributed by atoms with Crippen molar-refractivity contribution in [2.75, 3.05) is 0 Å². The second-order valence-corrected chi connectivity index (χ2v) is 17.9. The van der Waals surface area contributed by atoms with E-state index in [9.17, 15) is 20.4 Å². The zero-order chi connectivity index (χ0) is 30.5. The Labute approximate surface area is 264 Å². The molecule has 43 heavy (non-hydrogen) atoms. The van der Waals surface area contributed by atoms with E-state index >= 15 is 0 Å². The fourth-order valence-corrected chi connectivity index (χ4v) is 13.2. The molecule has 0 unspecified atom stereocenters. The molecule has 0 bridgehead atoms. The molecule has 0 aromatic heterocycles. The minimum absolute atomic E-state index is 0.188. The van der Waals surface area contributed by atoms with Crippen LogP contribution < -0.4 is 0 Å². The van der Waals surface area contributed by atoms with Crippen LogP contribution in [0.15, 0.2) is 0 Å². The third-order valence-electron chi connectivity index (χ3n) is 16.1. The second kappa shape index (κ2) is 12.1. The summed E-state index contributed by atoms with van der Waals surface area (Å²) in [6.45, 7) is 5.05. The molecule has 0 spiro atoms. The predicted octanol–water partition coefficient (Wildman–Crippen LogP) is 9.15. The Morgan fingerprint density at radius 2 is 0.558 bits per heavy atom. The predicted molar refractivity (Wildman–Crippen MR) is 175 cm³/mol. The summed E-state index contributed by atoms with van der Waals surface area (Å²) < 4.78 is 0. The molecule has 6 aliphatic rings. The Kier molecular flexibility index (Phi) is 9.25. The Hall–Kier alpha value is -0.160. The van der Waals surface area contributed by atoms with Crippen molar-refractivity contribution in [2.45, 2.75) is 216 Å². The number of hydrogen-bond acceptors (Lipinski definition) is 4. The van der Waals surface area contributed by atoms with Crippen LogP contribution in [0.4, 0.5) is 0 Å². The van der Waals surface area contributed by atoms with Gasteiger partial charge in [-0.05, 0) is 120 Å². The molecule has 0 amide bonds. The van der Waals surface area contributed by atoms with Gasteiger partial charge in [-0.1, -0.05) is 90.9 Å². The van der Waals surface area contributed by atoms with Crippen molar-refractivity contribution in [1.82, 2.24) is 0 Å².